The monoisotopic (exact) mass is 924 g/mol. The van der Waals surface area contributed by atoms with Crippen molar-refractivity contribution in [1.29, 1.82) is 0 Å². The Morgan fingerprint density at radius 2 is 1.26 bits per heavy atom. The van der Waals surface area contributed by atoms with Crippen LogP contribution in [0.2, 0.25) is 0 Å². The molecule has 4 atom stereocenters. The number of carboxylic acid groups (broad SMARTS) is 4. The first-order valence-electron chi connectivity index (χ1n) is 20.7. The summed E-state index contributed by atoms with van der Waals surface area (Å²) in [7, 11) is 0. The van der Waals surface area contributed by atoms with E-state index in [1.54, 1.807) is 24.3 Å². The van der Waals surface area contributed by atoms with Crippen LogP contribution in [0.3, 0.4) is 0 Å². The van der Waals surface area contributed by atoms with Gasteiger partial charge in [0.1, 0.15) is 24.2 Å². The van der Waals surface area contributed by atoms with Gasteiger partial charge in [0, 0.05) is 53.9 Å². The van der Waals surface area contributed by atoms with Crippen molar-refractivity contribution >= 4 is 92.5 Å². The lowest BCUT2D eigenvalue weighted by Gasteiger charge is -2.30. The molecule has 0 radical (unpaired) electrons. The van der Waals surface area contributed by atoms with Crippen molar-refractivity contribution in [2.75, 3.05) is 70.0 Å². The van der Waals surface area contributed by atoms with Gasteiger partial charge in [-0.25, -0.2) is 4.98 Å². The average molecular weight is 925 g/mol. The molecule has 3 aromatic rings. The molecule has 1 aliphatic rings. The van der Waals surface area contributed by atoms with Crippen LogP contribution in [0.4, 0.5) is 11.4 Å². The quantitative estimate of drug-likeness (QED) is 0.0276. The maximum Gasteiger partial charge on any atom is 0.317 e. The number of aromatic nitrogens is 1. The summed E-state index contributed by atoms with van der Waals surface area (Å²) in [6.45, 7) is -3.10. The Hall–Kier alpha value is -7.67. The highest BCUT2D eigenvalue weighted by Gasteiger charge is 2.38. The number of likely N-dealkylation sites (tertiary alicyclic amines) is 1. The number of pyridine rings is 1. The number of hydrogen-bond donors (Lipinski definition) is 11. The molecule has 14 N–H and O–H groups in total. The van der Waals surface area contributed by atoms with Crippen LogP contribution in [0.1, 0.15) is 32.6 Å². The molecule has 0 bridgehead atoms. The molecule has 2 unspecified atom stereocenters. The highest BCUT2D eigenvalue weighted by Crippen LogP contribution is 2.22. The molecular formula is C41H54N11O14+. The predicted octanol–water partition coefficient (Wildman–Crippen LogP) is -3.41. The van der Waals surface area contributed by atoms with Gasteiger partial charge in [0.2, 0.25) is 46.5 Å². The van der Waals surface area contributed by atoms with Gasteiger partial charge in [0.05, 0.1) is 39.3 Å². The Morgan fingerprint density at radius 1 is 0.727 bits per heavy atom. The number of benzene rings is 2. The molecule has 0 aliphatic carbocycles. The zero-order chi connectivity index (χ0) is 48.7. The Morgan fingerprint density at radius 3 is 1.83 bits per heavy atom. The van der Waals surface area contributed by atoms with E-state index in [0.29, 0.717) is 17.8 Å². The number of primary amides is 1. The number of fused-ring (bicyclic) bond motifs is 2. The molecule has 1 saturated heterocycles. The van der Waals surface area contributed by atoms with Crippen LogP contribution >= 0.6 is 0 Å². The van der Waals surface area contributed by atoms with Gasteiger partial charge in [-0.1, -0.05) is 0 Å². The van der Waals surface area contributed by atoms with Gasteiger partial charge < -0.3 is 63.4 Å². The maximum absolute atomic E-state index is 14.2. The first-order valence-corrected chi connectivity index (χ1v) is 20.7. The lowest BCUT2D eigenvalue weighted by molar-refractivity contribution is -0.310. The Balaban J connectivity index is 1.45. The summed E-state index contributed by atoms with van der Waals surface area (Å²) in [4.78, 5) is 131. The van der Waals surface area contributed by atoms with E-state index in [9.17, 15) is 68.4 Å². The number of carbonyl (C=O) groups is 10. The lowest BCUT2D eigenvalue weighted by atomic mass is 10.1. The largest absolute Gasteiger partial charge is 0.480 e. The number of nitrogens with two attached hydrogens (primary N) is 2. The topological polar surface area (TPSA) is 388 Å². The number of nitrogens with zero attached hydrogens (tertiary/aromatic N) is 3. The Bertz CT molecular complexity index is 2310. The smallest absolute Gasteiger partial charge is 0.317 e. The fourth-order valence-electron chi connectivity index (χ4n) is 7.21. The van der Waals surface area contributed by atoms with E-state index < -0.39 is 116 Å². The number of aliphatic carboxylic acids is 4. The number of carbonyl (C=O) groups excluding carboxylic acids is 6. The van der Waals surface area contributed by atoms with Crippen LogP contribution in [0.5, 0.6) is 0 Å². The minimum Gasteiger partial charge on any atom is -0.480 e. The number of amides is 6. The van der Waals surface area contributed by atoms with Crippen molar-refractivity contribution < 1.29 is 73.4 Å². The van der Waals surface area contributed by atoms with Gasteiger partial charge in [0.25, 0.3) is 0 Å². The molecule has 25 nitrogen and oxygen atoms in total. The fourth-order valence-corrected chi connectivity index (χ4v) is 7.21. The molecule has 25 heteroatoms. The number of aromatic amines is 1. The normalized spacial score (nSPS) is 14.8. The van der Waals surface area contributed by atoms with Crippen molar-refractivity contribution in [3.8, 4) is 0 Å². The third kappa shape index (κ3) is 15.8. The average Bonchev–Trinajstić information content (AvgIpc) is 3.73. The van der Waals surface area contributed by atoms with Gasteiger partial charge in [-0.15, -0.1) is 0 Å². The fraction of sp³-hybridized carbons (Fsp3) is 0.439. The molecule has 2 aromatic carbocycles. The van der Waals surface area contributed by atoms with E-state index in [1.807, 2.05) is 18.2 Å². The molecule has 1 fully saturated rings. The molecule has 2 heterocycles. The highest BCUT2D eigenvalue weighted by molar-refractivity contribution is 5.96. The summed E-state index contributed by atoms with van der Waals surface area (Å²) in [6.07, 6.45) is -0.123. The van der Waals surface area contributed by atoms with Gasteiger partial charge in [-0.3, -0.25) is 57.7 Å². The second kappa shape index (κ2) is 23.9. The number of hydrogen-bond acceptors (Lipinski definition) is 14. The molecule has 0 saturated carbocycles. The number of carboxylic acids is 4. The maximum atomic E-state index is 14.2. The van der Waals surface area contributed by atoms with E-state index in [-0.39, 0.29) is 45.4 Å². The first-order chi connectivity index (χ1) is 31.2. The molecule has 1 aliphatic heterocycles. The van der Waals surface area contributed by atoms with Crippen LogP contribution in [0.15, 0.2) is 42.5 Å². The number of rotatable bonds is 26. The van der Waals surface area contributed by atoms with Gasteiger partial charge >= 0.3 is 23.9 Å². The van der Waals surface area contributed by atoms with Gasteiger partial charge in [-0.2, -0.15) is 0 Å². The number of anilines is 2. The standard InChI is InChI=1S/C41H53N11O14/c1-22(38(43)63)46-39(64)27(8-11-50(18-34(55)56)19-35(57)58)48-33(54)17-45-40(65)31-3-2-10-52(31)41(66)28(9-12-51(20-36(59)60)21-37(61)62)49-32(53)16-44-26-7-5-24-13-23-4-6-25(42)14-29(23)47-30(24)15-26/h4-7,13-15,22,27-28,31,44H,2-3,8-12,16-21,42H2,1H3,(H2,43,63)(H,45,65)(H,46,64)(H,48,54)(H,49,53)(H,55,56)(H,57,58)(H,59,60)(H,61,62)/p+1/t22-,27?,28?,31-/m0/s1. The summed E-state index contributed by atoms with van der Waals surface area (Å²) in [5.74, 6) is -10.3. The SMILES string of the molecule is C[C@H](NC(=O)C(CCN(CC(=O)O)CC(=O)O)NC(=O)CNC(=O)[C@@H]1CCCN1C(=O)C(CCN(CC(=O)O)CC(=O)O)NC(=O)CNc1ccc2cc3ccc(N)cc3[nH+]c2c1)C(N)=O. The minimum atomic E-state index is -1.45. The highest BCUT2D eigenvalue weighted by atomic mass is 16.4. The summed E-state index contributed by atoms with van der Waals surface area (Å²) >= 11 is 0. The molecule has 66 heavy (non-hydrogen) atoms. The van der Waals surface area contributed by atoms with Crippen molar-refractivity contribution in [2.45, 2.75) is 56.8 Å². The number of nitrogens with one attached hydrogen (secondary N) is 6. The van der Waals surface area contributed by atoms with Crippen LogP contribution in [-0.4, -0.2) is 178 Å². The summed E-state index contributed by atoms with van der Waals surface area (Å²) in [5.41, 5.74) is 13.8. The second-order valence-corrected chi connectivity index (χ2v) is 15.6. The van der Waals surface area contributed by atoms with E-state index in [4.69, 9.17) is 11.5 Å². The van der Waals surface area contributed by atoms with Crippen molar-refractivity contribution in [2.24, 2.45) is 5.73 Å². The van der Waals surface area contributed by atoms with Crippen LogP contribution < -0.4 is 43.0 Å². The number of nitrogen functional groups attached to an aromatic ring is 1. The first kappa shape index (κ1) is 51.0. The summed E-state index contributed by atoms with van der Waals surface area (Å²) in [6, 6.07) is 7.59. The van der Waals surface area contributed by atoms with Crippen molar-refractivity contribution in [3.05, 3.63) is 42.5 Å². The molecule has 6 amide bonds. The third-order valence-electron chi connectivity index (χ3n) is 10.4. The van der Waals surface area contributed by atoms with E-state index in [0.717, 1.165) is 31.6 Å². The van der Waals surface area contributed by atoms with Gasteiger partial charge in [0.15, 0.2) is 0 Å². The third-order valence-corrected chi connectivity index (χ3v) is 10.4. The molecular weight excluding hydrogens is 871 g/mol. The molecule has 356 valence electrons. The van der Waals surface area contributed by atoms with Crippen molar-refractivity contribution in [1.82, 2.24) is 36.0 Å². The van der Waals surface area contributed by atoms with Gasteiger partial charge in [-0.05, 0) is 62.9 Å². The Kier molecular flexibility index (Phi) is 18.4. The van der Waals surface area contributed by atoms with Crippen LogP contribution in [0.25, 0.3) is 21.8 Å². The minimum absolute atomic E-state index is 0.0408. The van der Waals surface area contributed by atoms with Crippen LogP contribution in [0, 0.1) is 0 Å². The molecule has 0 spiro atoms. The van der Waals surface area contributed by atoms with Crippen LogP contribution in [-0.2, 0) is 47.9 Å². The second-order valence-electron chi connectivity index (χ2n) is 15.6. The zero-order valence-electron chi connectivity index (χ0n) is 35.9. The van der Waals surface area contributed by atoms with E-state index >= 15 is 0 Å². The van der Waals surface area contributed by atoms with E-state index in [1.165, 1.54) is 11.8 Å². The summed E-state index contributed by atoms with van der Waals surface area (Å²) < 4.78 is 0. The number of H-pyrrole nitrogens is 1. The van der Waals surface area contributed by atoms with E-state index in [2.05, 4.69) is 31.6 Å². The molecule has 4 rings (SSSR count). The predicted molar refractivity (Wildman–Crippen MR) is 232 cm³/mol. The molecule has 1 aromatic heterocycles. The lowest BCUT2D eigenvalue weighted by Crippen LogP contribution is -2.56. The van der Waals surface area contributed by atoms with Crippen molar-refractivity contribution in [3.63, 3.8) is 0 Å². The Labute approximate surface area is 376 Å². The summed E-state index contributed by atoms with van der Waals surface area (Å²) in [5, 5.41) is 51.6. The zero-order valence-corrected chi connectivity index (χ0v) is 35.9.